The molecule has 1 spiro atoms. The fourth-order valence-electron chi connectivity index (χ4n) is 4.80. The van der Waals surface area contributed by atoms with Crippen molar-refractivity contribution < 1.29 is 4.79 Å². The van der Waals surface area contributed by atoms with Crippen LogP contribution in [0.4, 0.5) is 11.8 Å². The van der Waals surface area contributed by atoms with E-state index in [4.69, 9.17) is 28.2 Å². The summed E-state index contributed by atoms with van der Waals surface area (Å²) < 4.78 is 0. The molecule has 1 aromatic carbocycles. The summed E-state index contributed by atoms with van der Waals surface area (Å²) in [5, 5.41) is 4.57. The molecule has 34 heavy (non-hydrogen) atoms. The zero-order valence-corrected chi connectivity index (χ0v) is 20.3. The van der Waals surface area contributed by atoms with Gasteiger partial charge in [0.05, 0.1) is 0 Å². The molecule has 0 aliphatic carbocycles. The molecule has 7 nitrogen and oxygen atoms in total. The quantitative estimate of drug-likeness (QED) is 0.539. The number of aromatic nitrogens is 3. The molecule has 2 aliphatic rings. The van der Waals surface area contributed by atoms with E-state index in [2.05, 4.69) is 20.2 Å². The summed E-state index contributed by atoms with van der Waals surface area (Å²) in [4.78, 5) is 30.4. The van der Waals surface area contributed by atoms with Crippen molar-refractivity contribution in [1.82, 2.24) is 19.9 Å². The Morgan fingerprint density at radius 2 is 1.82 bits per heavy atom. The second kappa shape index (κ2) is 9.76. The fraction of sp³-hybridized carbons (Fsp3) is 0.360. The van der Waals surface area contributed by atoms with Crippen molar-refractivity contribution in [2.24, 2.45) is 5.41 Å². The monoisotopic (exact) mass is 496 g/mol. The first-order chi connectivity index (χ1) is 16.5. The van der Waals surface area contributed by atoms with Gasteiger partial charge >= 0.3 is 0 Å². The van der Waals surface area contributed by atoms with Gasteiger partial charge in [0.25, 0.3) is 5.91 Å². The molecular formula is C25H26Cl2N6O. The number of rotatable bonds is 5. The molecular weight excluding hydrogens is 471 g/mol. The van der Waals surface area contributed by atoms with Crippen LogP contribution in [0.5, 0.6) is 0 Å². The predicted molar refractivity (Wildman–Crippen MR) is 134 cm³/mol. The standard InChI is InChI=1S/C25H26Cl2N6O/c26-19-5-4-18(20(27)15-19)16-30-22-6-11-29-24(31-22)32-12-7-25(8-13-32)9-14-33(17-25)23(34)21-3-1-2-10-28-21/h1-6,10-11,15H,7-9,12-14,16-17H2,(H,29,30,31). The Morgan fingerprint density at radius 1 is 1.00 bits per heavy atom. The van der Waals surface area contributed by atoms with Crippen LogP contribution in [0.15, 0.2) is 54.9 Å². The smallest absolute Gasteiger partial charge is 0.272 e. The summed E-state index contributed by atoms with van der Waals surface area (Å²) in [7, 11) is 0. The summed E-state index contributed by atoms with van der Waals surface area (Å²) in [5.74, 6) is 1.51. The van der Waals surface area contributed by atoms with E-state index in [0.717, 1.165) is 62.8 Å². The molecule has 176 valence electrons. The third kappa shape index (κ3) is 4.95. The molecule has 2 fully saturated rings. The summed E-state index contributed by atoms with van der Waals surface area (Å²) in [6, 6.07) is 12.8. The lowest BCUT2D eigenvalue weighted by Crippen LogP contribution is -2.43. The molecule has 0 radical (unpaired) electrons. The van der Waals surface area contributed by atoms with Crippen molar-refractivity contribution >= 4 is 40.9 Å². The maximum atomic E-state index is 12.8. The Morgan fingerprint density at radius 3 is 2.59 bits per heavy atom. The van der Waals surface area contributed by atoms with Crippen LogP contribution in [0.1, 0.15) is 35.3 Å². The van der Waals surface area contributed by atoms with E-state index in [1.165, 1.54) is 0 Å². The van der Waals surface area contributed by atoms with Crippen LogP contribution in [0.3, 0.4) is 0 Å². The number of nitrogens with zero attached hydrogens (tertiary/aromatic N) is 5. The highest BCUT2D eigenvalue weighted by molar-refractivity contribution is 6.35. The highest BCUT2D eigenvalue weighted by Crippen LogP contribution is 2.41. The van der Waals surface area contributed by atoms with Gasteiger partial charge in [-0.15, -0.1) is 0 Å². The lowest BCUT2D eigenvalue weighted by molar-refractivity contribution is 0.0758. The number of likely N-dealkylation sites (tertiary alicyclic amines) is 1. The molecule has 0 atom stereocenters. The predicted octanol–water partition coefficient (Wildman–Crippen LogP) is 4.92. The van der Waals surface area contributed by atoms with E-state index < -0.39 is 0 Å². The van der Waals surface area contributed by atoms with Crippen LogP contribution < -0.4 is 10.2 Å². The largest absolute Gasteiger partial charge is 0.366 e. The first-order valence-corrected chi connectivity index (χ1v) is 12.2. The zero-order chi connectivity index (χ0) is 23.5. The Balaban J connectivity index is 1.18. The van der Waals surface area contributed by atoms with E-state index >= 15 is 0 Å². The second-order valence-corrected chi connectivity index (χ2v) is 9.85. The Labute approximate surface area is 209 Å². The van der Waals surface area contributed by atoms with Gasteiger partial charge in [0, 0.05) is 55.2 Å². The molecule has 1 amide bonds. The third-order valence-electron chi connectivity index (χ3n) is 6.83. The average Bonchev–Trinajstić information content (AvgIpc) is 3.27. The maximum absolute atomic E-state index is 12.8. The van der Waals surface area contributed by atoms with Gasteiger partial charge in [-0.2, -0.15) is 4.98 Å². The number of benzene rings is 1. The Hall–Kier alpha value is -2.90. The van der Waals surface area contributed by atoms with Crippen molar-refractivity contribution in [3.8, 4) is 0 Å². The Bertz CT molecular complexity index is 1170. The molecule has 2 aromatic heterocycles. The van der Waals surface area contributed by atoms with Crippen LogP contribution in [0.25, 0.3) is 0 Å². The second-order valence-electron chi connectivity index (χ2n) is 9.01. The third-order valence-corrected chi connectivity index (χ3v) is 7.42. The molecule has 3 aromatic rings. The number of pyridine rings is 1. The summed E-state index contributed by atoms with van der Waals surface area (Å²) in [6.45, 7) is 3.88. The highest BCUT2D eigenvalue weighted by atomic mass is 35.5. The van der Waals surface area contributed by atoms with Gasteiger partial charge in [-0.3, -0.25) is 9.78 Å². The van der Waals surface area contributed by atoms with Crippen LogP contribution >= 0.6 is 23.2 Å². The molecule has 2 saturated heterocycles. The number of carbonyl (C=O) groups is 1. The van der Waals surface area contributed by atoms with Crippen LogP contribution in [0.2, 0.25) is 10.0 Å². The van der Waals surface area contributed by atoms with Crippen molar-refractivity contribution in [3.05, 3.63) is 76.2 Å². The number of carbonyl (C=O) groups excluding carboxylic acids is 1. The van der Waals surface area contributed by atoms with Crippen molar-refractivity contribution in [2.45, 2.75) is 25.8 Å². The maximum Gasteiger partial charge on any atom is 0.272 e. The minimum atomic E-state index is 0.0304. The van der Waals surface area contributed by atoms with E-state index in [1.54, 1.807) is 24.5 Å². The number of hydrogen-bond donors (Lipinski definition) is 1. The van der Waals surface area contributed by atoms with Gasteiger partial charge in [-0.25, -0.2) is 4.98 Å². The fourth-order valence-corrected chi connectivity index (χ4v) is 5.27. The van der Waals surface area contributed by atoms with Gasteiger partial charge in [0.15, 0.2) is 0 Å². The normalized spacial score (nSPS) is 17.2. The molecule has 0 unspecified atom stereocenters. The number of halogens is 2. The SMILES string of the molecule is O=C(c1ccccn1)N1CCC2(CCN(c3nccc(NCc4ccc(Cl)cc4Cl)n3)CC2)C1. The van der Waals surface area contributed by atoms with Gasteiger partial charge in [0.1, 0.15) is 11.5 Å². The minimum absolute atomic E-state index is 0.0304. The average molecular weight is 497 g/mol. The van der Waals surface area contributed by atoms with Crippen molar-refractivity contribution in [2.75, 3.05) is 36.4 Å². The van der Waals surface area contributed by atoms with Crippen LogP contribution in [-0.4, -0.2) is 51.9 Å². The first kappa shape index (κ1) is 22.9. The Kier molecular flexibility index (Phi) is 6.57. The molecule has 2 aliphatic heterocycles. The summed E-state index contributed by atoms with van der Waals surface area (Å²) >= 11 is 12.3. The number of nitrogens with one attached hydrogen (secondary N) is 1. The number of piperidine rings is 1. The zero-order valence-electron chi connectivity index (χ0n) is 18.8. The summed E-state index contributed by atoms with van der Waals surface area (Å²) in [5.41, 5.74) is 1.65. The molecule has 0 saturated carbocycles. The van der Waals surface area contributed by atoms with E-state index in [0.29, 0.717) is 22.3 Å². The molecule has 9 heteroatoms. The molecule has 1 N–H and O–H groups in total. The lowest BCUT2D eigenvalue weighted by atomic mass is 9.78. The van der Waals surface area contributed by atoms with E-state index in [-0.39, 0.29) is 11.3 Å². The summed E-state index contributed by atoms with van der Waals surface area (Å²) in [6.07, 6.45) is 6.51. The van der Waals surface area contributed by atoms with Crippen LogP contribution in [0, 0.1) is 5.41 Å². The van der Waals surface area contributed by atoms with Gasteiger partial charge in [-0.05, 0) is 60.6 Å². The molecule has 0 bridgehead atoms. The van der Waals surface area contributed by atoms with Crippen molar-refractivity contribution in [1.29, 1.82) is 0 Å². The number of amides is 1. The van der Waals surface area contributed by atoms with Crippen molar-refractivity contribution in [3.63, 3.8) is 0 Å². The van der Waals surface area contributed by atoms with Gasteiger partial charge in [0.2, 0.25) is 5.95 Å². The van der Waals surface area contributed by atoms with Gasteiger partial charge in [-0.1, -0.05) is 35.3 Å². The topological polar surface area (TPSA) is 74.2 Å². The molecule has 4 heterocycles. The van der Waals surface area contributed by atoms with Crippen LogP contribution in [-0.2, 0) is 6.54 Å². The first-order valence-electron chi connectivity index (χ1n) is 11.5. The number of hydrogen-bond acceptors (Lipinski definition) is 6. The van der Waals surface area contributed by atoms with E-state index in [1.807, 2.05) is 35.2 Å². The lowest BCUT2D eigenvalue weighted by Gasteiger charge is -2.39. The number of anilines is 2. The van der Waals surface area contributed by atoms with E-state index in [9.17, 15) is 4.79 Å². The molecule has 5 rings (SSSR count). The minimum Gasteiger partial charge on any atom is -0.366 e. The van der Waals surface area contributed by atoms with Gasteiger partial charge < -0.3 is 15.1 Å². The highest BCUT2D eigenvalue weighted by Gasteiger charge is 2.42.